The summed E-state index contributed by atoms with van der Waals surface area (Å²) in [4.78, 5) is 2.35. The zero-order valence-corrected chi connectivity index (χ0v) is 17.8. The monoisotopic (exact) mass is 447 g/mol. The molecule has 6 aromatic carbocycles. The Labute approximate surface area is 183 Å². The first-order valence-electron chi connectivity index (χ1n) is 10.1. The molecule has 0 unspecified atom stereocenters. The molecule has 0 amide bonds. The van der Waals surface area contributed by atoms with Gasteiger partial charge in [-0.05, 0) is 69.4 Å². The molecule has 0 saturated heterocycles. The maximum atomic E-state index is 3.57. The molecule has 0 aromatic heterocycles. The maximum Gasteiger partial charge on any atom is 0.0540 e. The molecular weight excluding hydrogens is 430 g/mol. The van der Waals surface area contributed by atoms with Crippen LogP contribution < -0.4 is 4.90 Å². The van der Waals surface area contributed by atoms with Crippen LogP contribution in [0, 0.1) is 0 Å². The molecule has 0 fully saturated rings. The van der Waals surface area contributed by atoms with Crippen LogP contribution in [0.4, 0.5) is 17.1 Å². The summed E-state index contributed by atoms with van der Waals surface area (Å²) in [7, 11) is 0. The molecule has 0 aliphatic rings. The van der Waals surface area contributed by atoms with Crippen LogP contribution in [0.15, 0.2) is 114 Å². The lowest BCUT2D eigenvalue weighted by Crippen LogP contribution is -2.10. The Hall–Kier alpha value is -3.36. The highest BCUT2D eigenvalue weighted by molar-refractivity contribution is 9.10. The molecule has 6 aromatic rings. The summed E-state index contributed by atoms with van der Waals surface area (Å²) in [6, 6.07) is 39.1. The van der Waals surface area contributed by atoms with E-state index in [0.717, 1.165) is 15.8 Å². The Bertz CT molecular complexity index is 1470. The molecule has 0 bridgehead atoms. The van der Waals surface area contributed by atoms with E-state index in [0.29, 0.717) is 0 Å². The van der Waals surface area contributed by atoms with E-state index < -0.39 is 0 Å². The quantitative estimate of drug-likeness (QED) is 0.245. The molecule has 0 saturated carbocycles. The third-order valence-corrected chi connectivity index (χ3v) is 6.37. The molecule has 30 heavy (non-hydrogen) atoms. The Kier molecular flexibility index (Phi) is 4.00. The van der Waals surface area contributed by atoms with Crippen LogP contribution in [0.25, 0.3) is 32.3 Å². The molecule has 6 rings (SSSR count). The van der Waals surface area contributed by atoms with E-state index in [4.69, 9.17) is 0 Å². The number of nitrogens with zero attached hydrogens (tertiary/aromatic N) is 1. The second-order valence-corrected chi connectivity index (χ2v) is 8.50. The van der Waals surface area contributed by atoms with Gasteiger partial charge in [-0.25, -0.2) is 0 Å². The van der Waals surface area contributed by atoms with Gasteiger partial charge in [0.15, 0.2) is 0 Å². The van der Waals surface area contributed by atoms with Crippen LogP contribution in [0.5, 0.6) is 0 Å². The molecule has 0 radical (unpaired) electrons. The minimum Gasteiger partial charge on any atom is -0.310 e. The van der Waals surface area contributed by atoms with E-state index in [1.54, 1.807) is 0 Å². The van der Waals surface area contributed by atoms with Gasteiger partial charge < -0.3 is 4.90 Å². The van der Waals surface area contributed by atoms with Crippen LogP contribution in [0.2, 0.25) is 0 Å². The second-order valence-electron chi connectivity index (χ2n) is 7.59. The van der Waals surface area contributed by atoms with E-state index in [2.05, 4.69) is 130 Å². The minimum absolute atomic E-state index is 1.08. The van der Waals surface area contributed by atoms with Gasteiger partial charge in [-0.2, -0.15) is 0 Å². The van der Waals surface area contributed by atoms with Crippen LogP contribution in [0.3, 0.4) is 0 Å². The molecule has 142 valence electrons. The molecule has 0 N–H and O–H groups in total. The topological polar surface area (TPSA) is 3.24 Å². The molecular formula is C28H18BrN. The average molecular weight is 448 g/mol. The lowest BCUT2D eigenvalue weighted by Gasteiger charge is -2.27. The van der Waals surface area contributed by atoms with Crippen molar-refractivity contribution in [3.05, 3.63) is 114 Å². The fourth-order valence-corrected chi connectivity index (χ4v) is 4.77. The number of anilines is 3. The smallest absolute Gasteiger partial charge is 0.0540 e. The summed E-state index contributed by atoms with van der Waals surface area (Å²) in [5.41, 5.74) is 3.48. The van der Waals surface area contributed by atoms with Gasteiger partial charge in [0.1, 0.15) is 0 Å². The van der Waals surface area contributed by atoms with E-state index >= 15 is 0 Å². The SMILES string of the molecule is Brc1ccc(N(c2ccccc2)c2ccc3ccc4cccc5ccc2c3c45)cc1. The van der Waals surface area contributed by atoms with E-state index in [-0.39, 0.29) is 0 Å². The zero-order valence-electron chi connectivity index (χ0n) is 16.2. The van der Waals surface area contributed by atoms with Crippen LogP contribution >= 0.6 is 15.9 Å². The molecule has 1 nitrogen and oxygen atoms in total. The van der Waals surface area contributed by atoms with Gasteiger partial charge in [0.05, 0.1) is 5.69 Å². The molecule has 0 aliphatic carbocycles. The number of rotatable bonds is 3. The number of halogens is 1. The number of hydrogen-bond donors (Lipinski definition) is 0. The Morgan fingerprint density at radius 2 is 1.07 bits per heavy atom. The third kappa shape index (κ3) is 2.68. The van der Waals surface area contributed by atoms with Crippen molar-refractivity contribution in [2.75, 3.05) is 4.90 Å². The van der Waals surface area contributed by atoms with Crippen molar-refractivity contribution in [1.82, 2.24) is 0 Å². The predicted molar refractivity (Wildman–Crippen MR) is 133 cm³/mol. The van der Waals surface area contributed by atoms with Crippen molar-refractivity contribution in [3.63, 3.8) is 0 Å². The van der Waals surface area contributed by atoms with Crippen LogP contribution in [0.1, 0.15) is 0 Å². The highest BCUT2D eigenvalue weighted by atomic mass is 79.9. The van der Waals surface area contributed by atoms with Gasteiger partial charge in [0.2, 0.25) is 0 Å². The molecule has 2 heteroatoms. The fraction of sp³-hybridized carbons (Fsp3) is 0. The second kappa shape index (κ2) is 6.86. The summed E-state index contributed by atoms with van der Waals surface area (Å²) in [6.07, 6.45) is 0. The predicted octanol–water partition coefficient (Wildman–Crippen LogP) is 8.82. The van der Waals surface area contributed by atoms with Crippen molar-refractivity contribution < 1.29 is 0 Å². The largest absolute Gasteiger partial charge is 0.310 e. The van der Waals surface area contributed by atoms with Crippen LogP contribution in [-0.2, 0) is 0 Å². The number of benzene rings is 6. The van der Waals surface area contributed by atoms with Gasteiger partial charge in [-0.1, -0.05) is 82.7 Å². The van der Waals surface area contributed by atoms with E-state index in [9.17, 15) is 0 Å². The van der Waals surface area contributed by atoms with Gasteiger partial charge in [-0.15, -0.1) is 0 Å². The van der Waals surface area contributed by atoms with Gasteiger partial charge in [-0.3, -0.25) is 0 Å². The lowest BCUT2D eigenvalue weighted by atomic mass is 9.93. The highest BCUT2D eigenvalue weighted by Crippen LogP contribution is 2.43. The zero-order chi connectivity index (χ0) is 20.1. The van der Waals surface area contributed by atoms with E-state index in [1.165, 1.54) is 38.0 Å². The number of hydrogen-bond acceptors (Lipinski definition) is 1. The minimum atomic E-state index is 1.08. The molecule has 0 spiro atoms. The summed E-state index contributed by atoms with van der Waals surface area (Å²) >= 11 is 3.57. The van der Waals surface area contributed by atoms with Crippen LogP contribution in [-0.4, -0.2) is 0 Å². The Morgan fingerprint density at radius 1 is 0.467 bits per heavy atom. The van der Waals surface area contributed by atoms with Crippen molar-refractivity contribution in [1.29, 1.82) is 0 Å². The highest BCUT2D eigenvalue weighted by Gasteiger charge is 2.17. The van der Waals surface area contributed by atoms with Gasteiger partial charge in [0.25, 0.3) is 0 Å². The average Bonchev–Trinajstić information content (AvgIpc) is 2.80. The maximum absolute atomic E-state index is 3.57. The van der Waals surface area contributed by atoms with Crippen molar-refractivity contribution in [2.45, 2.75) is 0 Å². The van der Waals surface area contributed by atoms with Crippen molar-refractivity contribution in [2.24, 2.45) is 0 Å². The van der Waals surface area contributed by atoms with Crippen molar-refractivity contribution in [3.8, 4) is 0 Å². The number of para-hydroxylation sites is 1. The summed E-state index contributed by atoms with van der Waals surface area (Å²) in [6.45, 7) is 0. The summed E-state index contributed by atoms with van der Waals surface area (Å²) in [5, 5.41) is 7.81. The van der Waals surface area contributed by atoms with Gasteiger partial charge in [0, 0.05) is 21.2 Å². The standard InChI is InChI=1S/C28H18BrN/c29-22-13-15-24(16-14-22)30(23-7-2-1-3-8-23)26-18-12-21-10-9-19-5-4-6-20-11-17-25(26)28(21)27(19)20/h1-18H. The lowest BCUT2D eigenvalue weighted by molar-refractivity contribution is 1.30. The van der Waals surface area contributed by atoms with E-state index in [1.807, 2.05) is 0 Å². The summed E-state index contributed by atoms with van der Waals surface area (Å²) in [5.74, 6) is 0. The Balaban J connectivity index is 1.71. The molecule has 0 heterocycles. The van der Waals surface area contributed by atoms with Crippen molar-refractivity contribution >= 4 is 65.3 Å². The first-order chi connectivity index (χ1) is 14.8. The Morgan fingerprint density at radius 3 is 1.80 bits per heavy atom. The normalized spacial score (nSPS) is 11.5. The fourth-order valence-electron chi connectivity index (χ4n) is 4.51. The first-order valence-corrected chi connectivity index (χ1v) is 10.9. The first kappa shape index (κ1) is 17.5. The van der Waals surface area contributed by atoms with Gasteiger partial charge >= 0.3 is 0 Å². The third-order valence-electron chi connectivity index (χ3n) is 5.85. The molecule has 0 atom stereocenters. The summed E-state index contributed by atoms with van der Waals surface area (Å²) < 4.78 is 1.08. The molecule has 0 aliphatic heterocycles.